The van der Waals surface area contributed by atoms with Gasteiger partial charge in [-0.2, -0.15) is 0 Å². The quantitative estimate of drug-likeness (QED) is 0.682. The average molecular weight is 218 g/mol. The molecule has 0 spiro atoms. The van der Waals surface area contributed by atoms with E-state index in [-0.39, 0.29) is 11.6 Å². The zero-order valence-electron chi connectivity index (χ0n) is 8.11. The second kappa shape index (κ2) is 3.10. The molecular weight excluding hydrogens is 211 g/mol. The Morgan fingerprint density at radius 1 is 1.25 bits per heavy atom. The second-order valence-corrected chi connectivity index (χ2v) is 3.41. The maximum absolute atomic E-state index is 13.3. The predicted octanol–water partition coefficient (Wildman–Crippen LogP) is 2.81. The Morgan fingerprint density at radius 2 is 2.12 bits per heavy atom. The molecule has 2 aromatic heterocycles. The van der Waals surface area contributed by atoms with E-state index in [0.717, 1.165) is 0 Å². The SMILES string of the molecule is Nc1cc(-c2cc(F)cc3ccoc23)on1. The van der Waals surface area contributed by atoms with E-state index >= 15 is 0 Å². The molecule has 0 aliphatic rings. The normalized spacial score (nSPS) is 11.1. The van der Waals surface area contributed by atoms with Crippen LogP contribution in [0.15, 0.2) is 39.5 Å². The molecule has 2 N–H and O–H groups in total. The lowest BCUT2D eigenvalue weighted by Crippen LogP contribution is -1.81. The van der Waals surface area contributed by atoms with Crippen LogP contribution in [0.5, 0.6) is 0 Å². The van der Waals surface area contributed by atoms with Crippen molar-refractivity contribution in [1.29, 1.82) is 0 Å². The minimum atomic E-state index is -0.362. The Morgan fingerprint density at radius 3 is 2.88 bits per heavy atom. The number of furan rings is 1. The highest BCUT2D eigenvalue weighted by Gasteiger charge is 2.13. The molecule has 0 amide bonds. The fourth-order valence-corrected chi connectivity index (χ4v) is 1.64. The predicted molar refractivity (Wildman–Crippen MR) is 56.1 cm³/mol. The van der Waals surface area contributed by atoms with Crippen molar-refractivity contribution in [2.24, 2.45) is 0 Å². The molecule has 1 aromatic carbocycles. The van der Waals surface area contributed by atoms with Gasteiger partial charge in [0.25, 0.3) is 0 Å². The smallest absolute Gasteiger partial charge is 0.172 e. The van der Waals surface area contributed by atoms with E-state index in [1.807, 2.05) is 0 Å². The van der Waals surface area contributed by atoms with E-state index in [0.29, 0.717) is 22.3 Å². The van der Waals surface area contributed by atoms with E-state index < -0.39 is 0 Å². The lowest BCUT2D eigenvalue weighted by molar-refractivity contribution is 0.435. The van der Waals surface area contributed by atoms with Crippen LogP contribution in [0, 0.1) is 5.82 Å². The van der Waals surface area contributed by atoms with Crippen LogP contribution in [0.3, 0.4) is 0 Å². The summed E-state index contributed by atoms with van der Waals surface area (Å²) < 4.78 is 23.6. The molecule has 0 fully saturated rings. The number of aromatic nitrogens is 1. The van der Waals surface area contributed by atoms with Gasteiger partial charge in [0.1, 0.15) is 11.4 Å². The van der Waals surface area contributed by atoms with Crippen LogP contribution in [0.2, 0.25) is 0 Å². The molecule has 2 heterocycles. The number of nitrogens with zero attached hydrogens (tertiary/aromatic N) is 1. The van der Waals surface area contributed by atoms with Gasteiger partial charge >= 0.3 is 0 Å². The molecule has 16 heavy (non-hydrogen) atoms. The lowest BCUT2D eigenvalue weighted by Gasteiger charge is -1.97. The Labute approximate surface area is 89.4 Å². The number of hydrogen-bond acceptors (Lipinski definition) is 4. The van der Waals surface area contributed by atoms with E-state index in [1.165, 1.54) is 24.5 Å². The number of rotatable bonds is 1. The van der Waals surface area contributed by atoms with Gasteiger partial charge in [-0.05, 0) is 18.2 Å². The lowest BCUT2D eigenvalue weighted by atomic mass is 10.1. The largest absolute Gasteiger partial charge is 0.464 e. The van der Waals surface area contributed by atoms with Gasteiger partial charge in [0.2, 0.25) is 0 Å². The summed E-state index contributed by atoms with van der Waals surface area (Å²) in [6.07, 6.45) is 1.49. The minimum absolute atomic E-state index is 0.249. The van der Waals surface area contributed by atoms with Crippen molar-refractivity contribution in [2.75, 3.05) is 5.73 Å². The van der Waals surface area contributed by atoms with Gasteiger partial charge in [0.05, 0.1) is 11.8 Å². The first-order chi connectivity index (χ1) is 7.74. The maximum atomic E-state index is 13.3. The third-order valence-corrected chi connectivity index (χ3v) is 2.31. The highest BCUT2D eigenvalue weighted by atomic mass is 19.1. The molecule has 3 aromatic rings. The molecular formula is C11H7FN2O2. The van der Waals surface area contributed by atoms with Crippen LogP contribution in [0.1, 0.15) is 0 Å². The molecule has 0 saturated carbocycles. The van der Waals surface area contributed by atoms with Gasteiger partial charge in [-0.3, -0.25) is 0 Å². The van der Waals surface area contributed by atoms with E-state index in [2.05, 4.69) is 5.16 Å². The van der Waals surface area contributed by atoms with Crippen LogP contribution in [-0.4, -0.2) is 5.16 Å². The summed E-state index contributed by atoms with van der Waals surface area (Å²) in [6, 6.07) is 5.92. The molecule has 0 aliphatic heterocycles. The summed E-state index contributed by atoms with van der Waals surface area (Å²) in [6.45, 7) is 0. The molecule has 80 valence electrons. The number of anilines is 1. The van der Waals surface area contributed by atoms with E-state index in [4.69, 9.17) is 14.7 Å². The monoisotopic (exact) mass is 218 g/mol. The number of benzene rings is 1. The first kappa shape index (κ1) is 8.96. The molecule has 0 saturated heterocycles. The molecule has 5 heteroatoms. The highest BCUT2D eigenvalue weighted by molar-refractivity contribution is 5.91. The fourth-order valence-electron chi connectivity index (χ4n) is 1.64. The van der Waals surface area contributed by atoms with Crippen molar-refractivity contribution in [3.05, 3.63) is 36.3 Å². The maximum Gasteiger partial charge on any atom is 0.172 e. The van der Waals surface area contributed by atoms with Gasteiger partial charge < -0.3 is 14.7 Å². The Kier molecular flexibility index (Phi) is 1.73. The first-order valence-electron chi connectivity index (χ1n) is 4.63. The fraction of sp³-hybridized carbons (Fsp3) is 0. The van der Waals surface area contributed by atoms with Gasteiger partial charge in [-0.15, -0.1) is 0 Å². The standard InChI is InChI=1S/C11H7FN2O2/c12-7-3-6-1-2-15-11(6)8(4-7)9-5-10(13)14-16-9/h1-5H,(H2,13,14). The van der Waals surface area contributed by atoms with Crippen LogP contribution < -0.4 is 5.73 Å². The van der Waals surface area contributed by atoms with Gasteiger partial charge in [-0.1, -0.05) is 5.16 Å². The van der Waals surface area contributed by atoms with Crippen LogP contribution in [0.4, 0.5) is 10.2 Å². The number of nitrogen functional groups attached to an aromatic ring is 1. The Bertz CT molecular complexity index is 657. The highest BCUT2D eigenvalue weighted by Crippen LogP contribution is 2.31. The number of nitrogens with two attached hydrogens (primary N) is 1. The topological polar surface area (TPSA) is 65.2 Å². The van der Waals surface area contributed by atoms with Gasteiger partial charge in [-0.25, -0.2) is 4.39 Å². The van der Waals surface area contributed by atoms with Crippen LogP contribution in [-0.2, 0) is 0 Å². The zero-order chi connectivity index (χ0) is 11.1. The minimum Gasteiger partial charge on any atom is -0.464 e. The number of fused-ring (bicyclic) bond motifs is 1. The summed E-state index contributed by atoms with van der Waals surface area (Å²) >= 11 is 0. The molecule has 0 radical (unpaired) electrons. The van der Waals surface area contributed by atoms with Crippen molar-refractivity contribution in [2.45, 2.75) is 0 Å². The molecule has 0 atom stereocenters. The summed E-state index contributed by atoms with van der Waals surface area (Å²) in [7, 11) is 0. The van der Waals surface area contributed by atoms with Crippen molar-refractivity contribution in [3.8, 4) is 11.3 Å². The van der Waals surface area contributed by atoms with Crippen LogP contribution >= 0.6 is 0 Å². The third-order valence-electron chi connectivity index (χ3n) is 2.31. The third kappa shape index (κ3) is 1.25. The summed E-state index contributed by atoms with van der Waals surface area (Å²) in [5, 5.41) is 4.22. The average Bonchev–Trinajstić information content (AvgIpc) is 2.84. The van der Waals surface area contributed by atoms with Crippen molar-refractivity contribution < 1.29 is 13.3 Å². The van der Waals surface area contributed by atoms with Crippen molar-refractivity contribution in [3.63, 3.8) is 0 Å². The van der Waals surface area contributed by atoms with E-state index in [9.17, 15) is 4.39 Å². The molecule has 0 unspecified atom stereocenters. The number of hydrogen-bond donors (Lipinski definition) is 1. The molecule has 4 nitrogen and oxygen atoms in total. The first-order valence-corrected chi connectivity index (χ1v) is 4.63. The molecule has 3 rings (SSSR count). The van der Waals surface area contributed by atoms with Crippen molar-refractivity contribution >= 4 is 16.8 Å². The summed E-state index contributed by atoms with van der Waals surface area (Å²) in [4.78, 5) is 0. The van der Waals surface area contributed by atoms with Crippen molar-refractivity contribution in [1.82, 2.24) is 5.16 Å². The Balaban J connectivity index is 2.33. The van der Waals surface area contributed by atoms with Gasteiger partial charge in [0, 0.05) is 11.5 Å². The molecule has 0 aliphatic carbocycles. The van der Waals surface area contributed by atoms with Crippen LogP contribution in [0.25, 0.3) is 22.3 Å². The Hall–Kier alpha value is -2.30. The summed E-state index contributed by atoms with van der Waals surface area (Å²) in [5.41, 5.74) is 6.50. The van der Waals surface area contributed by atoms with E-state index in [1.54, 1.807) is 6.07 Å². The number of halogens is 1. The van der Waals surface area contributed by atoms with Gasteiger partial charge in [0.15, 0.2) is 11.6 Å². The zero-order valence-corrected chi connectivity index (χ0v) is 8.11. The summed E-state index contributed by atoms with van der Waals surface area (Å²) in [5.74, 6) is 0.273. The molecule has 0 bridgehead atoms. The second-order valence-electron chi connectivity index (χ2n) is 3.41.